The molecule has 1 N–H and O–H groups in total. The zero-order valence-electron chi connectivity index (χ0n) is 15.4. The van der Waals surface area contributed by atoms with Gasteiger partial charge in [-0.2, -0.15) is 0 Å². The lowest BCUT2D eigenvalue weighted by molar-refractivity contribution is -0.113. The van der Waals surface area contributed by atoms with Crippen molar-refractivity contribution < 1.29 is 23.9 Å². The summed E-state index contributed by atoms with van der Waals surface area (Å²) in [7, 11) is 0. The molecule has 1 amide bonds. The summed E-state index contributed by atoms with van der Waals surface area (Å²) in [6.07, 6.45) is 1.62. The molecule has 6 nitrogen and oxygen atoms in total. The lowest BCUT2D eigenvalue weighted by Crippen LogP contribution is -2.27. The molecular weight excluding hydrogens is 442 g/mol. The molecule has 1 aliphatic heterocycles. The fraction of sp³-hybridized carbons (Fsp3) is 0.0476. The van der Waals surface area contributed by atoms with Crippen LogP contribution in [0.25, 0.3) is 16.7 Å². The summed E-state index contributed by atoms with van der Waals surface area (Å²) in [6, 6.07) is 13.1. The maximum Gasteiger partial charge on any atom is 0.335 e. The van der Waals surface area contributed by atoms with Crippen LogP contribution in [0.4, 0.5) is 5.69 Å². The molecule has 0 aliphatic carbocycles. The van der Waals surface area contributed by atoms with Gasteiger partial charge in [0.05, 0.1) is 25.9 Å². The van der Waals surface area contributed by atoms with Crippen molar-refractivity contribution >= 4 is 69.1 Å². The Labute approximate surface area is 184 Å². The summed E-state index contributed by atoms with van der Waals surface area (Å²) in [6.45, 7) is 1.51. The highest BCUT2D eigenvalue weighted by Crippen LogP contribution is 2.37. The average molecular weight is 456 g/mol. The molecule has 2 aromatic heterocycles. The Morgan fingerprint density at radius 3 is 2.47 bits per heavy atom. The second-order valence-electron chi connectivity index (χ2n) is 6.29. The average Bonchev–Trinajstić information content (AvgIpc) is 3.42. The third kappa shape index (κ3) is 3.87. The number of thiophene rings is 1. The van der Waals surface area contributed by atoms with Crippen LogP contribution in [-0.2, 0) is 4.79 Å². The van der Waals surface area contributed by atoms with Gasteiger partial charge in [-0.25, -0.2) is 4.79 Å². The number of carbonyl (C=O) groups excluding carboxylic acids is 2. The molecule has 3 aromatic rings. The van der Waals surface area contributed by atoms with Crippen molar-refractivity contribution in [2.24, 2.45) is 0 Å². The van der Waals surface area contributed by atoms with Crippen molar-refractivity contribution in [2.45, 2.75) is 6.92 Å². The highest BCUT2D eigenvalue weighted by molar-refractivity contribution is 8.27. The maximum absolute atomic E-state index is 12.9. The monoisotopic (exact) mass is 455 g/mol. The third-order valence-electron chi connectivity index (χ3n) is 4.26. The number of ketones is 1. The second kappa shape index (κ2) is 8.02. The highest BCUT2D eigenvalue weighted by Gasteiger charge is 2.33. The number of thioether (sulfide) groups is 1. The molecule has 0 unspecified atom stereocenters. The molecule has 1 saturated heterocycles. The lowest BCUT2D eigenvalue weighted by atomic mass is 10.2. The van der Waals surface area contributed by atoms with E-state index in [0.29, 0.717) is 31.3 Å². The summed E-state index contributed by atoms with van der Waals surface area (Å²) in [5.41, 5.74) is 0.630. The number of rotatable bonds is 5. The van der Waals surface area contributed by atoms with Gasteiger partial charge in [-0.1, -0.05) is 24.0 Å². The Morgan fingerprint density at radius 1 is 1.10 bits per heavy atom. The van der Waals surface area contributed by atoms with E-state index >= 15 is 0 Å². The van der Waals surface area contributed by atoms with Gasteiger partial charge in [0.1, 0.15) is 11.5 Å². The van der Waals surface area contributed by atoms with Crippen LogP contribution >= 0.6 is 35.3 Å². The normalized spacial score (nSPS) is 15.2. The number of carboxylic acid groups (broad SMARTS) is 1. The fourth-order valence-corrected chi connectivity index (χ4v) is 4.94. The first-order valence-electron chi connectivity index (χ1n) is 8.66. The first-order valence-corrected chi connectivity index (χ1v) is 10.7. The molecular formula is C21H13NO5S3. The number of carbonyl (C=O) groups is 3. The molecule has 0 spiro atoms. The zero-order chi connectivity index (χ0) is 21.4. The standard InChI is InChI=1S/C21H13NO5S3/c1-11(23)16-8-9-17(29-16)15-7-6-14(27-15)10-18-19(24)22(21(28)30-18)13-4-2-12(3-5-13)20(25)26/h2-10H,1H3,(H,25,26). The largest absolute Gasteiger partial charge is 0.478 e. The summed E-state index contributed by atoms with van der Waals surface area (Å²) < 4.78 is 6.17. The Balaban J connectivity index is 1.57. The van der Waals surface area contributed by atoms with E-state index < -0.39 is 5.97 Å². The molecule has 30 heavy (non-hydrogen) atoms. The summed E-state index contributed by atoms with van der Waals surface area (Å²) >= 11 is 7.83. The predicted octanol–water partition coefficient (Wildman–Crippen LogP) is 5.31. The number of furan rings is 1. The Hall–Kier alpha value is -3.01. The summed E-state index contributed by atoms with van der Waals surface area (Å²) in [5.74, 6) is -0.247. The number of benzene rings is 1. The van der Waals surface area contributed by atoms with Crippen LogP contribution in [0.1, 0.15) is 32.7 Å². The highest BCUT2D eigenvalue weighted by atomic mass is 32.2. The number of amides is 1. The molecule has 150 valence electrons. The second-order valence-corrected chi connectivity index (χ2v) is 9.05. The number of Topliss-reactive ketones (excluding diaryl/α,β-unsaturated/α-hetero) is 1. The number of nitrogens with zero attached hydrogens (tertiary/aromatic N) is 1. The fourth-order valence-electron chi connectivity index (χ4n) is 2.79. The van der Waals surface area contributed by atoms with Crippen LogP contribution in [-0.4, -0.2) is 27.1 Å². The van der Waals surface area contributed by atoms with Crippen LogP contribution in [0.2, 0.25) is 0 Å². The molecule has 1 aromatic carbocycles. The van der Waals surface area contributed by atoms with Crippen LogP contribution in [0.5, 0.6) is 0 Å². The maximum atomic E-state index is 12.9. The van der Waals surface area contributed by atoms with Crippen LogP contribution in [0, 0.1) is 0 Å². The van der Waals surface area contributed by atoms with Gasteiger partial charge < -0.3 is 9.52 Å². The lowest BCUT2D eigenvalue weighted by Gasteiger charge is -2.14. The Bertz CT molecular complexity index is 1220. The third-order valence-corrected chi connectivity index (χ3v) is 6.76. The van der Waals surface area contributed by atoms with E-state index in [1.54, 1.807) is 36.4 Å². The number of thiocarbonyl (C=S) groups is 1. The van der Waals surface area contributed by atoms with E-state index in [-0.39, 0.29) is 17.3 Å². The van der Waals surface area contributed by atoms with Crippen LogP contribution in [0.3, 0.4) is 0 Å². The quantitative estimate of drug-likeness (QED) is 0.317. The number of hydrogen-bond donors (Lipinski definition) is 1. The molecule has 0 atom stereocenters. The van der Waals surface area contributed by atoms with Gasteiger partial charge in [-0.05, 0) is 55.5 Å². The van der Waals surface area contributed by atoms with Crippen molar-refractivity contribution in [1.82, 2.24) is 0 Å². The van der Waals surface area contributed by atoms with E-state index in [4.69, 9.17) is 21.7 Å². The van der Waals surface area contributed by atoms with E-state index in [2.05, 4.69) is 0 Å². The number of carboxylic acids is 1. The smallest absolute Gasteiger partial charge is 0.335 e. The van der Waals surface area contributed by atoms with Crippen molar-refractivity contribution in [2.75, 3.05) is 4.90 Å². The van der Waals surface area contributed by atoms with Crippen molar-refractivity contribution in [3.63, 3.8) is 0 Å². The minimum Gasteiger partial charge on any atom is -0.478 e. The molecule has 0 saturated carbocycles. The van der Waals surface area contributed by atoms with E-state index in [0.717, 1.165) is 16.6 Å². The van der Waals surface area contributed by atoms with E-state index in [1.165, 1.54) is 35.3 Å². The summed E-state index contributed by atoms with van der Waals surface area (Å²) in [5, 5.41) is 9.02. The van der Waals surface area contributed by atoms with Crippen molar-refractivity contribution in [3.8, 4) is 10.6 Å². The first kappa shape index (κ1) is 20.3. The van der Waals surface area contributed by atoms with Gasteiger partial charge in [-0.15, -0.1) is 11.3 Å². The van der Waals surface area contributed by atoms with Gasteiger partial charge >= 0.3 is 5.97 Å². The van der Waals surface area contributed by atoms with Gasteiger partial charge in [0.2, 0.25) is 0 Å². The molecule has 9 heteroatoms. The van der Waals surface area contributed by atoms with Crippen LogP contribution < -0.4 is 4.90 Å². The molecule has 1 aliphatic rings. The zero-order valence-corrected chi connectivity index (χ0v) is 17.9. The first-order chi connectivity index (χ1) is 14.3. The predicted molar refractivity (Wildman–Crippen MR) is 121 cm³/mol. The number of anilines is 1. The Morgan fingerprint density at radius 2 is 1.83 bits per heavy atom. The number of aromatic carboxylic acids is 1. The SMILES string of the molecule is CC(=O)c1ccc(-c2ccc(C=C3SC(=S)N(c4ccc(C(=O)O)cc4)C3=O)o2)s1. The molecule has 3 heterocycles. The number of hydrogen-bond acceptors (Lipinski definition) is 7. The van der Waals surface area contributed by atoms with Gasteiger partial charge in [-0.3, -0.25) is 14.5 Å². The molecule has 1 fully saturated rings. The van der Waals surface area contributed by atoms with E-state index in [1.807, 2.05) is 6.07 Å². The van der Waals surface area contributed by atoms with Crippen molar-refractivity contribution in [1.29, 1.82) is 0 Å². The minimum absolute atomic E-state index is 0.00177. The van der Waals surface area contributed by atoms with Crippen molar-refractivity contribution in [3.05, 3.63) is 69.6 Å². The molecule has 0 radical (unpaired) electrons. The topological polar surface area (TPSA) is 87.8 Å². The van der Waals surface area contributed by atoms with Gasteiger partial charge in [0.25, 0.3) is 5.91 Å². The van der Waals surface area contributed by atoms with E-state index in [9.17, 15) is 14.4 Å². The van der Waals surface area contributed by atoms with Crippen LogP contribution in [0.15, 0.2) is 57.9 Å². The van der Waals surface area contributed by atoms with Gasteiger partial charge in [0.15, 0.2) is 10.1 Å². The Kier molecular flexibility index (Phi) is 5.42. The molecule has 4 rings (SSSR count). The molecule has 0 bridgehead atoms. The minimum atomic E-state index is -1.04. The van der Waals surface area contributed by atoms with Gasteiger partial charge in [0, 0.05) is 6.08 Å². The summed E-state index contributed by atoms with van der Waals surface area (Å²) in [4.78, 5) is 38.6.